The van der Waals surface area contributed by atoms with Gasteiger partial charge >= 0.3 is 0 Å². The molecule has 1 saturated heterocycles. The Balaban J connectivity index is 1.39. The number of hydrogen-bond donors (Lipinski definition) is 1. The number of hydrogen-bond acceptors (Lipinski definition) is 5. The van der Waals surface area contributed by atoms with Gasteiger partial charge in [0.15, 0.2) is 5.60 Å². The summed E-state index contributed by atoms with van der Waals surface area (Å²) in [6.07, 6.45) is 0. The molecule has 0 aliphatic carbocycles. The van der Waals surface area contributed by atoms with Gasteiger partial charge in [-0.15, -0.1) is 0 Å². The van der Waals surface area contributed by atoms with Crippen LogP contribution in [0, 0.1) is 6.92 Å². The molecule has 0 spiro atoms. The number of aliphatic hydroxyl groups is 1. The van der Waals surface area contributed by atoms with E-state index in [-0.39, 0.29) is 0 Å². The average Bonchev–Trinajstić information content (AvgIpc) is 3.43. The SMILES string of the molecule is Cc1ccc(CN(CCN2CCOCC2)Cc2ccc(C(O)(c3ccccc3)c3ccccc3)o2)cc1. The van der Waals surface area contributed by atoms with E-state index in [1.165, 1.54) is 11.1 Å². The highest BCUT2D eigenvalue weighted by Crippen LogP contribution is 2.37. The van der Waals surface area contributed by atoms with Crippen molar-refractivity contribution in [3.05, 3.63) is 131 Å². The largest absolute Gasteiger partial charge is 0.461 e. The van der Waals surface area contributed by atoms with Crippen LogP contribution < -0.4 is 0 Å². The van der Waals surface area contributed by atoms with Crippen molar-refractivity contribution in [1.82, 2.24) is 9.80 Å². The lowest BCUT2D eigenvalue weighted by atomic mass is 9.84. The van der Waals surface area contributed by atoms with Crippen molar-refractivity contribution in [2.75, 3.05) is 39.4 Å². The highest BCUT2D eigenvalue weighted by Gasteiger charge is 2.37. The van der Waals surface area contributed by atoms with Crippen molar-refractivity contribution < 1.29 is 14.3 Å². The first kappa shape index (κ1) is 25.4. The quantitative estimate of drug-likeness (QED) is 0.327. The van der Waals surface area contributed by atoms with Gasteiger partial charge in [0.25, 0.3) is 0 Å². The molecule has 0 radical (unpaired) electrons. The molecule has 0 saturated carbocycles. The van der Waals surface area contributed by atoms with Gasteiger partial charge in [-0.3, -0.25) is 9.80 Å². The molecule has 0 atom stereocenters. The fourth-order valence-corrected chi connectivity index (χ4v) is 4.96. The van der Waals surface area contributed by atoms with E-state index in [2.05, 4.69) is 41.0 Å². The standard InChI is InChI=1S/C32H36N2O3/c1-26-12-14-27(15-13-26)24-34(19-18-33-20-22-36-23-21-33)25-30-16-17-31(37-30)32(35,28-8-4-2-5-9-28)29-10-6-3-7-11-29/h2-17,35H,18-25H2,1H3. The summed E-state index contributed by atoms with van der Waals surface area (Å²) in [6.45, 7) is 9.08. The fourth-order valence-electron chi connectivity index (χ4n) is 4.96. The third-order valence-electron chi connectivity index (χ3n) is 7.14. The monoisotopic (exact) mass is 496 g/mol. The molecule has 37 heavy (non-hydrogen) atoms. The van der Waals surface area contributed by atoms with E-state index >= 15 is 0 Å². The maximum absolute atomic E-state index is 12.1. The molecule has 1 aromatic heterocycles. The maximum atomic E-state index is 12.1. The number of furan rings is 1. The molecule has 4 aromatic rings. The Kier molecular flexibility index (Phi) is 8.17. The third-order valence-corrected chi connectivity index (χ3v) is 7.14. The lowest BCUT2D eigenvalue weighted by molar-refractivity contribution is 0.0319. The number of benzene rings is 3. The zero-order valence-corrected chi connectivity index (χ0v) is 21.6. The van der Waals surface area contributed by atoms with Crippen LogP contribution in [-0.2, 0) is 23.4 Å². The van der Waals surface area contributed by atoms with Gasteiger partial charge in [-0.25, -0.2) is 0 Å². The minimum atomic E-state index is -1.36. The van der Waals surface area contributed by atoms with Crippen LogP contribution >= 0.6 is 0 Å². The predicted molar refractivity (Wildman–Crippen MR) is 146 cm³/mol. The lowest BCUT2D eigenvalue weighted by Gasteiger charge is -2.30. The molecule has 1 aliphatic heterocycles. The molecule has 0 bridgehead atoms. The van der Waals surface area contributed by atoms with E-state index in [0.29, 0.717) is 12.3 Å². The summed E-state index contributed by atoms with van der Waals surface area (Å²) in [6, 6.07) is 32.1. The summed E-state index contributed by atoms with van der Waals surface area (Å²) < 4.78 is 11.9. The lowest BCUT2D eigenvalue weighted by Crippen LogP contribution is -2.41. The predicted octanol–water partition coefficient (Wildman–Crippen LogP) is 5.21. The van der Waals surface area contributed by atoms with Crippen LogP contribution in [0.2, 0.25) is 0 Å². The molecular weight excluding hydrogens is 460 g/mol. The Labute approximate surface area is 219 Å². The zero-order valence-electron chi connectivity index (χ0n) is 21.6. The Bertz CT molecular complexity index is 1190. The van der Waals surface area contributed by atoms with Crippen LogP contribution in [0.25, 0.3) is 0 Å². The third kappa shape index (κ3) is 6.20. The van der Waals surface area contributed by atoms with Crippen molar-refractivity contribution in [2.45, 2.75) is 25.6 Å². The van der Waals surface area contributed by atoms with Gasteiger partial charge in [0, 0.05) is 32.7 Å². The van der Waals surface area contributed by atoms with Gasteiger partial charge in [0.05, 0.1) is 19.8 Å². The number of aryl methyl sites for hydroxylation is 1. The van der Waals surface area contributed by atoms with Crippen molar-refractivity contribution in [3.63, 3.8) is 0 Å². The average molecular weight is 497 g/mol. The molecule has 1 aliphatic rings. The Hall–Kier alpha value is -3.22. The van der Waals surface area contributed by atoms with Crippen LogP contribution in [-0.4, -0.2) is 54.3 Å². The van der Waals surface area contributed by atoms with Gasteiger partial charge in [0.2, 0.25) is 0 Å². The normalized spacial score (nSPS) is 14.8. The van der Waals surface area contributed by atoms with Crippen molar-refractivity contribution >= 4 is 0 Å². The van der Waals surface area contributed by atoms with Crippen LogP contribution in [0.1, 0.15) is 33.8 Å². The van der Waals surface area contributed by atoms with Crippen molar-refractivity contribution in [1.29, 1.82) is 0 Å². The van der Waals surface area contributed by atoms with E-state index in [0.717, 1.165) is 62.8 Å². The van der Waals surface area contributed by atoms with Gasteiger partial charge < -0.3 is 14.3 Å². The molecule has 1 fully saturated rings. The van der Waals surface area contributed by atoms with E-state index in [9.17, 15) is 5.11 Å². The Morgan fingerprint density at radius 2 is 1.41 bits per heavy atom. The van der Waals surface area contributed by atoms with E-state index in [1.54, 1.807) is 0 Å². The molecule has 1 N–H and O–H groups in total. The topological polar surface area (TPSA) is 49.1 Å². The van der Waals surface area contributed by atoms with Gasteiger partial charge in [-0.1, -0.05) is 90.5 Å². The summed E-state index contributed by atoms with van der Waals surface area (Å²) in [5.74, 6) is 1.37. The smallest absolute Gasteiger partial charge is 0.173 e. The molecule has 192 valence electrons. The number of nitrogens with zero attached hydrogens (tertiary/aromatic N) is 2. The Morgan fingerprint density at radius 1 is 0.784 bits per heavy atom. The van der Waals surface area contributed by atoms with Crippen LogP contribution in [0.3, 0.4) is 0 Å². The molecule has 2 heterocycles. The molecule has 5 rings (SSSR count). The molecule has 5 nitrogen and oxygen atoms in total. The van der Waals surface area contributed by atoms with E-state index in [1.807, 2.05) is 72.8 Å². The van der Waals surface area contributed by atoms with E-state index < -0.39 is 5.60 Å². The fraction of sp³-hybridized carbons (Fsp3) is 0.312. The highest BCUT2D eigenvalue weighted by molar-refractivity contribution is 5.43. The number of ether oxygens (including phenoxy) is 1. The Morgan fingerprint density at radius 3 is 2.03 bits per heavy atom. The van der Waals surface area contributed by atoms with Crippen LogP contribution in [0.5, 0.6) is 0 Å². The van der Waals surface area contributed by atoms with Gasteiger partial charge in [-0.05, 0) is 35.7 Å². The van der Waals surface area contributed by atoms with Gasteiger partial charge in [0.1, 0.15) is 11.5 Å². The zero-order chi connectivity index (χ0) is 25.5. The highest BCUT2D eigenvalue weighted by atomic mass is 16.5. The minimum Gasteiger partial charge on any atom is -0.461 e. The first-order valence-corrected chi connectivity index (χ1v) is 13.1. The first-order chi connectivity index (χ1) is 18.1. The summed E-state index contributed by atoms with van der Waals surface area (Å²) >= 11 is 0. The molecule has 0 unspecified atom stereocenters. The maximum Gasteiger partial charge on any atom is 0.173 e. The van der Waals surface area contributed by atoms with Gasteiger partial charge in [-0.2, -0.15) is 0 Å². The van der Waals surface area contributed by atoms with Crippen LogP contribution in [0.15, 0.2) is 101 Å². The molecule has 0 amide bonds. The van der Waals surface area contributed by atoms with Crippen molar-refractivity contribution in [2.24, 2.45) is 0 Å². The second kappa shape index (κ2) is 11.9. The van der Waals surface area contributed by atoms with E-state index in [4.69, 9.17) is 9.15 Å². The second-order valence-corrected chi connectivity index (χ2v) is 9.86. The first-order valence-electron chi connectivity index (χ1n) is 13.1. The van der Waals surface area contributed by atoms with Crippen molar-refractivity contribution in [3.8, 4) is 0 Å². The summed E-state index contributed by atoms with van der Waals surface area (Å²) in [5, 5.41) is 12.1. The number of morpholine rings is 1. The molecular formula is C32H36N2O3. The number of rotatable bonds is 10. The van der Waals surface area contributed by atoms with Crippen LogP contribution in [0.4, 0.5) is 0 Å². The summed E-state index contributed by atoms with van der Waals surface area (Å²) in [5.41, 5.74) is 2.75. The minimum absolute atomic E-state index is 0.531. The summed E-state index contributed by atoms with van der Waals surface area (Å²) in [7, 11) is 0. The molecule has 3 aromatic carbocycles. The molecule has 5 heteroatoms. The summed E-state index contributed by atoms with van der Waals surface area (Å²) in [4.78, 5) is 4.88. The second-order valence-electron chi connectivity index (χ2n) is 9.86.